The van der Waals surface area contributed by atoms with Gasteiger partial charge in [0.1, 0.15) is 11.8 Å². The van der Waals surface area contributed by atoms with Gasteiger partial charge in [0.25, 0.3) is 5.91 Å². The second-order valence-corrected chi connectivity index (χ2v) is 5.81. The number of amides is 1. The quantitative estimate of drug-likeness (QED) is 0.409. The first kappa shape index (κ1) is 19.6. The average Bonchev–Trinajstić information content (AvgIpc) is 2.57. The number of aliphatic hydroxyl groups excluding tert-OH is 1. The van der Waals surface area contributed by atoms with Crippen molar-refractivity contribution < 1.29 is 23.1 Å². The Hall–Kier alpha value is -2.69. The number of hydrogen-bond donors (Lipinski definition) is 2. The lowest BCUT2D eigenvalue weighted by Crippen LogP contribution is -2.15. The van der Waals surface area contributed by atoms with Crippen LogP contribution in [0.25, 0.3) is 5.76 Å². The monoisotopic (exact) mass is 400 g/mol. The number of benzene rings is 2. The number of aliphatic hydroxyl groups is 1. The molecule has 26 heavy (non-hydrogen) atoms. The van der Waals surface area contributed by atoms with Gasteiger partial charge < -0.3 is 10.4 Å². The van der Waals surface area contributed by atoms with Gasteiger partial charge >= 0.3 is 6.18 Å². The molecule has 2 aromatic rings. The Balaban J connectivity index is 2.28. The van der Waals surface area contributed by atoms with Gasteiger partial charge in [-0.1, -0.05) is 23.2 Å². The third-order valence-corrected chi connectivity index (χ3v) is 3.98. The Morgan fingerprint density at radius 1 is 1.08 bits per heavy atom. The minimum atomic E-state index is -4.51. The Labute approximate surface area is 156 Å². The molecule has 0 bridgehead atoms. The normalized spacial score (nSPS) is 12.2. The van der Waals surface area contributed by atoms with Crippen LogP contribution in [0.2, 0.25) is 10.0 Å². The van der Waals surface area contributed by atoms with Crippen LogP contribution in [0.15, 0.2) is 48.0 Å². The lowest BCUT2D eigenvalue weighted by atomic mass is 10.1. The van der Waals surface area contributed by atoms with Gasteiger partial charge in [0.15, 0.2) is 5.57 Å². The molecule has 2 rings (SSSR count). The van der Waals surface area contributed by atoms with E-state index >= 15 is 0 Å². The number of rotatable bonds is 3. The molecule has 0 spiro atoms. The van der Waals surface area contributed by atoms with Crippen molar-refractivity contribution in [1.29, 1.82) is 5.26 Å². The van der Waals surface area contributed by atoms with Gasteiger partial charge in [0.2, 0.25) is 0 Å². The predicted molar refractivity (Wildman–Crippen MR) is 91.7 cm³/mol. The third-order valence-electron chi connectivity index (χ3n) is 3.24. The van der Waals surface area contributed by atoms with E-state index in [0.717, 1.165) is 24.3 Å². The zero-order valence-electron chi connectivity index (χ0n) is 12.7. The molecule has 0 saturated carbocycles. The molecule has 1 amide bonds. The van der Waals surface area contributed by atoms with Crippen molar-refractivity contribution in [2.24, 2.45) is 0 Å². The molecule has 4 nitrogen and oxygen atoms in total. The molecule has 9 heteroatoms. The molecule has 0 aliphatic heterocycles. The van der Waals surface area contributed by atoms with E-state index in [1.165, 1.54) is 18.2 Å². The molecule has 0 aliphatic rings. The van der Waals surface area contributed by atoms with Crippen molar-refractivity contribution in [2.75, 3.05) is 5.32 Å². The first-order valence-electron chi connectivity index (χ1n) is 6.91. The van der Waals surface area contributed by atoms with E-state index in [-0.39, 0.29) is 21.3 Å². The molecule has 2 aromatic carbocycles. The summed E-state index contributed by atoms with van der Waals surface area (Å²) >= 11 is 11.6. The maximum absolute atomic E-state index is 12.5. The second kappa shape index (κ2) is 7.68. The van der Waals surface area contributed by atoms with Gasteiger partial charge in [-0.3, -0.25) is 4.79 Å². The van der Waals surface area contributed by atoms with Gasteiger partial charge in [-0.15, -0.1) is 0 Å². The first-order chi connectivity index (χ1) is 12.1. The zero-order chi connectivity index (χ0) is 19.5. The van der Waals surface area contributed by atoms with Crippen LogP contribution in [0, 0.1) is 11.3 Å². The van der Waals surface area contributed by atoms with E-state index in [9.17, 15) is 23.1 Å². The standard InChI is InChI=1S/C17H9Cl2F3N2O2/c18-13-6-1-9(7-14(13)19)15(25)12(8-23)16(26)24-11-4-2-10(3-5-11)17(20,21)22/h1-7,25H,(H,24,26)/b15-12-. The van der Waals surface area contributed by atoms with Gasteiger partial charge in [-0.25, -0.2) is 0 Å². The molecule has 2 N–H and O–H groups in total. The summed E-state index contributed by atoms with van der Waals surface area (Å²) in [6.07, 6.45) is -4.51. The number of alkyl halides is 3. The summed E-state index contributed by atoms with van der Waals surface area (Å²) in [6.45, 7) is 0. The fraction of sp³-hybridized carbons (Fsp3) is 0.0588. The Morgan fingerprint density at radius 2 is 1.69 bits per heavy atom. The van der Waals surface area contributed by atoms with Crippen molar-refractivity contribution >= 4 is 40.6 Å². The van der Waals surface area contributed by atoms with Gasteiger partial charge in [-0.05, 0) is 42.5 Å². The minimum absolute atomic E-state index is 0.0256. The maximum atomic E-state index is 12.5. The summed E-state index contributed by atoms with van der Waals surface area (Å²) in [5.41, 5.74) is -1.41. The van der Waals surface area contributed by atoms with Crippen LogP contribution in [-0.4, -0.2) is 11.0 Å². The maximum Gasteiger partial charge on any atom is 0.416 e. The highest BCUT2D eigenvalue weighted by Crippen LogP contribution is 2.30. The molecule has 0 radical (unpaired) electrons. The Morgan fingerprint density at radius 3 is 2.19 bits per heavy atom. The Kier molecular flexibility index (Phi) is 5.80. The molecular formula is C17H9Cl2F3N2O2. The Bertz CT molecular complexity index is 917. The number of halogens is 5. The van der Waals surface area contributed by atoms with Gasteiger partial charge in [0.05, 0.1) is 15.6 Å². The highest BCUT2D eigenvalue weighted by Gasteiger charge is 2.30. The smallest absolute Gasteiger partial charge is 0.416 e. The minimum Gasteiger partial charge on any atom is -0.506 e. The summed E-state index contributed by atoms with van der Waals surface area (Å²) in [5, 5.41) is 21.9. The van der Waals surface area contributed by atoms with Crippen LogP contribution in [0.1, 0.15) is 11.1 Å². The van der Waals surface area contributed by atoms with E-state index in [2.05, 4.69) is 5.32 Å². The van der Waals surface area contributed by atoms with Gasteiger partial charge in [0, 0.05) is 11.3 Å². The SMILES string of the molecule is N#C/C(C(=O)Nc1ccc(C(F)(F)F)cc1)=C(/O)c1ccc(Cl)c(Cl)c1. The number of nitrogens with zero attached hydrogens (tertiary/aromatic N) is 1. The number of carbonyl (C=O) groups is 1. The molecule has 0 atom stereocenters. The summed E-state index contributed by atoms with van der Waals surface area (Å²) < 4.78 is 37.6. The molecule has 0 aliphatic carbocycles. The molecule has 0 aromatic heterocycles. The van der Waals surface area contributed by atoms with Crippen LogP contribution in [0.5, 0.6) is 0 Å². The summed E-state index contributed by atoms with van der Waals surface area (Å²) in [7, 11) is 0. The van der Waals surface area contributed by atoms with Crippen molar-refractivity contribution in [3.8, 4) is 6.07 Å². The first-order valence-corrected chi connectivity index (χ1v) is 7.66. The van der Waals surface area contributed by atoms with Gasteiger partial charge in [-0.2, -0.15) is 18.4 Å². The molecular weight excluding hydrogens is 392 g/mol. The van der Waals surface area contributed by atoms with Crippen molar-refractivity contribution in [2.45, 2.75) is 6.18 Å². The molecule has 0 saturated heterocycles. The number of hydrogen-bond acceptors (Lipinski definition) is 3. The van der Waals surface area contributed by atoms with Crippen molar-refractivity contribution in [3.63, 3.8) is 0 Å². The number of carbonyl (C=O) groups excluding carboxylic acids is 1. The lowest BCUT2D eigenvalue weighted by molar-refractivity contribution is -0.137. The van der Waals surface area contributed by atoms with Crippen LogP contribution >= 0.6 is 23.2 Å². The topological polar surface area (TPSA) is 73.1 Å². The molecule has 0 fully saturated rings. The lowest BCUT2D eigenvalue weighted by Gasteiger charge is -2.09. The van der Waals surface area contributed by atoms with E-state index in [1.807, 2.05) is 0 Å². The van der Waals surface area contributed by atoms with E-state index in [0.29, 0.717) is 0 Å². The van der Waals surface area contributed by atoms with Crippen LogP contribution in [0.4, 0.5) is 18.9 Å². The largest absolute Gasteiger partial charge is 0.506 e. The van der Waals surface area contributed by atoms with Crippen LogP contribution in [0.3, 0.4) is 0 Å². The summed E-state index contributed by atoms with van der Waals surface area (Å²) in [5.74, 6) is -1.63. The zero-order valence-corrected chi connectivity index (χ0v) is 14.2. The summed E-state index contributed by atoms with van der Waals surface area (Å²) in [6, 6.07) is 9.18. The number of nitriles is 1. The summed E-state index contributed by atoms with van der Waals surface area (Å²) in [4.78, 5) is 12.2. The van der Waals surface area contributed by atoms with Crippen molar-refractivity contribution in [3.05, 3.63) is 69.2 Å². The average molecular weight is 401 g/mol. The fourth-order valence-electron chi connectivity index (χ4n) is 1.94. The highest BCUT2D eigenvalue weighted by molar-refractivity contribution is 6.42. The predicted octanol–water partition coefficient (Wildman–Crippen LogP) is 5.44. The van der Waals surface area contributed by atoms with E-state index < -0.39 is 29.0 Å². The van der Waals surface area contributed by atoms with Crippen molar-refractivity contribution in [1.82, 2.24) is 0 Å². The number of anilines is 1. The molecule has 0 heterocycles. The third kappa shape index (κ3) is 4.48. The molecule has 0 unspecified atom stereocenters. The molecule has 134 valence electrons. The van der Waals surface area contributed by atoms with Crippen LogP contribution < -0.4 is 5.32 Å². The highest BCUT2D eigenvalue weighted by atomic mass is 35.5. The van der Waals surface area contributed by atoms with E-state index in [1.54, 1.807) is 6.07 Å². The van der Waals surface area contributed by atoms with Crippen LogP contribution in [-0.2, 0) is 11.0 Å². The second-order valence-electron chi connectivity index (χ2n) is 4.99. The number of nitrogens with one attached hydrogen (secondary N) is 1. The fourth-order valence-corrected chi connectivity index (χ4v) is 2.23. The van der Waals surface area contributed by atoms with E-state index in [4.69, 9.17) is 28.5 Å².